The molecule has 5 aromatic carbocycles. The van der Waals surface area contributed by atoms with Crippen LogP contribution in [0.2, 0.25) is 0 Å². The van der Waals surface area contributed by atoms with Gasteiger partial charge in [0, 0.05) is 52.7 Å². The van der Waals surface area contributed by atoms with Crippen LogP contribution in [0.4, 0.5) is 11.4 Å². The molecule has 1 aliphatic rings. The summed E-state index contributed by atoms with van der Waals surface area (Å²) in [6.45, 7) is 20.1. The van der Waals surface area contributed by atoms with Gasteiger partial charge in [-0.3, -0.25) is 0 Å². The van der Waals surface area contributed by atoms with Crippen molar-refractivity contribution in [3.8, 4) is 0 Å². The molecule has 232 valence electrons. The Balaban J connectivity index is 0.000000254. The summed E-state index contributed by atoms with van der Waals surface area (Å²) in [5.41, 5.74) is 9.53. The van der Waals surface area contributed by atoms with E-state index in [-0.39, 0.29) is 0 Å². The summed E-state index contributed by atoms with van der Waals surface area (Å²) in [6.07, 6.45) is 1.06. The molecule has 0 unspecified atom stereocenters. The number of rotatable bonds is 3. The predicted molar refractivity (Wildman–Crippen MR) is 199 cm³/mol. The SMILES string of the molecule is CC.CC.CC.CC.CCN1c2ccccc2Cc2ccccc21.c1ccc(Cn2c3ccccc3c3ccccc32)cc1. The Bertz CT molecular complexity index is 1530. The third-order valence-electron chi connectivity index (χ3n) is 7.13. The third kappa shape index (κ3) is 8.41. The molecule has 7 rings (SSSR count). The van der Waals surface area contributed by atoms with Crippen LogP contribution < -0.4 is 4.90 Å². The van der Waals surface area contributed by atoms with Gasteiger partial charge in [-0.2, -0.15) is 0 Å². The van der Waals surface area contributed by atoms with Crippen molar-refractivity contribution in [3.63, 3.8) is 0 Å². The van der Waals surface area contributed by atoms with Crippen molar-refractivity contribution in [2.24, 2.45) is 0 Å². The van der Waals surface area contributed by atoms with Crippen LogP contribution in [-0.4, -0.2) is 11.1 Å². The van der Waals surface area contributed by atoms with Crippen molar-refractivity contribution in [3.05, 3.63) is 144 Å². The van der Waals surface area contributed by atoms with Gasteiger partial charge in [-0.05, 0) is 47.9 Å². The lowest BCUT2D eigenvalue weighted by atomic mass is 9.96. The lowest BCUT2D eigenvalue weighted by molar-refractivity contribution is 0.869. The van der Waals surface area contributed by atoms with Gasteiger partial charge < -0.3 is 9.47 Å². The first-order valence-electron chi connectivity index (χ1n) is 16.8. The van der Waals surface area contributed by atoms with Gasteiger partial charge in [0.1, 0.15) is 0 Å². The first-order valence-corrected chi connectivity index (χ1v) is 16.8. The zero-order valence-electron chi connectivity index (χ0n) is 28.6. The summed E-state index contributed by atoms with van der Waals surface area (Å²) in [7, 11) is 0. The van der Waals surface area contributed by atoms with Crippen LogP contribution in [0.25, 0.3) is 21.8 Å². The van der Waals surface area contributed by atoms with Crippen molar-refractivity contribution in [2.45, 2.75) is 75.3 Å². The standard InChI is InChI=1S/C19H15N.C15H15N.4C2H6/c1-2-8-15(9-3-1)14-20-18-12-6-4-10-16(18)17-11-5-7-13-19(17)20;1-2-16-14-9-5-3-7-12(14)11-13-8-4-6-10-15(13)16;4*1-2/h1-13H,14H2;3-10H,2,11H2,1H3;4*1-2H3. The molecule has 44 heavy (non-hydrogen) atoms. The number of hydrogen-bond donors (Lipinski definition) is 0. The summed E-state index contributed by atoms with van der Waals surface area (Å²) in [4.78, 5) is 2.40. The molecule has 1 aromatic heterocycles. The maximum atomic E-state index is 2.40. The molecule has 0 atom stereocenters. The fourth-order valence-corrected chi connectivity index (χ4v) is 5.46. The van der Waals surface area contributed by atoms with Crippen LogP contribution in [0.1, 0.15) is 79.0 Å². The zero-order chi connectivity index (χ0) is 32.3. The lowest BCUT2D eigenvalue weighted by Crippen LogP contribution is -2.22. The van der Waals surface area contributed by atoms with Crippen LogP contribution in [-0.2, 0) is 13.0 Å². The third-order valence-corrected chi connectivity index (χ3v) is 7.13. The smallest absolute Gasteiger partial charge is 0.0494 e. The minimum atomic E-state index is 0.912. The van der Waals surface area contributed by atoms with Crippen LogP contribution in [0.5, 0.6) is 0 Å². The highest BCUT2D eigenvalue weighted by Gasteiger charge is 2.20. The van der Waals surface area contributed by atoms with E-state index in [4.69, 9.17) is 0 Å². The average Bonchev–Trinajstić information content (AvgIpc) is 3.44. The number of anilines is 2. The van der Waals surface area contributed by atoms with Crippen molar-refractivity contribution < 1.29 is 0 Å². The summed E-state index contributed by atoms with van der Waals surface area (Å²) in [5.74, 6) is 0. The van der Waals surface area contributed by atoms with Gasteiger partial charge in [0.2, 0.25) is 0 Å². The molecule has 0 spiro atoms. The summed E-state index contributed by atoms with van der Waals surface area (Å²) in [5, 5.41) is 2.66. The number of fused-ring (bicyclic) bond motifs is 5. The Morgan fingerprint density at radius 2 is 0.841 bits per heavy atom. The highest BCUT2D eigenvalue weighted by atomic mass is 15.1. The Morgan fingerprint density at radius 3 is 1.30 bits per heavy atom. The van der Waals surface area contributed by atoms with E-state index < -0.39 is 0 Å². The maximum Gasteiger partial charge on any atom is 0.0494 e. The number of hydrogen-bond acceptors (Lipinski definition) is 1. The second-order valence-electron chi connectivity index (χ2n) is 9.28. The molecule has 2 heteroatoms. The van der Waals surface area contributed by atoms with Crippen molar-refractivity contribution >= 4 is 33.2 Å². The predicted octanol–water partition coefficient (Wildman–Crippen LogP) is 12.7. The minimum absolute atomic E-state index is 0.912. The normalized spacial score (nSPS) is 10.4. The molecule has 0 aliphatic carbocycles. The fourth-order valence-electron chi connectivity index (χ4n) is 5.46. The van der Waals surface area contributed by atoms with E-state index in [9.17, 15) is 0 Å². The summed E-state index contributed by atoms with van der Waals surface area (Å²) in [6, 6.07) is 45.3. The van der Waals surface area contributed by atoms with E-state index in [0.717, 1.165) is 19.5 Å². The quantitative estimate of drug-likeness (QED) is 0.200. The molecule has 0 fully saturated rings. The van der Waals surface area contributed by atoms with Crippen LogP contribution >= 0.6 is 0 Å². The van der Waals surface area contributed by atoms with Crippen molar-refractivity contribution in [2.75, 3.05) is 11.4 Å². The maximum absolute atomic E-state index is 2.40. The van der Waals surface area contributed by atoms with Gasteiger partial charge in [0.25, 0.3) is 0 Å². The van der Waals surface area contributed by atoms with Gasteiger partial charge >= 0.3 is 0 Å². The molecule has 0 radical (unpaired) electrons. The second kappa shape index (κ2) is 19.8. The molecule has 6 aromatic rings. The number of aromatic nitrogens is 1. The Labute approximate surface area is 268 Å². The fraction of sp³-hybridized carbons (Fsp3) is 0.286. The average molecular weight is 587 g/mol. The zero-order valence-corrected chi connectivity index (χ0v) is 28.6. The van der Waals surface area contributed by atoms with E-state index >= 15 is 0 Å². The molecule has 0 N–H and O–H groups in total. The molecule has 0 saturated heterocycles. The monoisotopic (exact) mass is 586 g/mol. The number of benzene rings is 5. The Morgan fingerprint density at radius 1 is 0.455 bits per heavy atom. The molecule has 0 bridgehead atoms. The van der Waals surface area contributed by atoms with Crippen LogP contribution in [0.15, 0.2) is 127 Å². The molecular formula is C42H54N2. The van der Waals surface area contributed by atoms with Gasteiger partial charge in [-0.1, -0.05) is 159 Å². The molecule has 1 aliphatic heterocycles. The topological polar surface area (TPSA) is 8.17 Å². The second-order valence-corrected chi connectivity index (χ2v) is 9.28. The van der Waals surface area contributed by atoms with E-state index in [2.05, 4.69) is 144 Å². The highest BCUT2D eigenvalue weighted by molar-refractivity contribution is 6.08. The van der Waals surface area contributed by atoms with Crippen molar-refractivity contribution in [1.82, 2.24) is 4.57 Å². The minimum Gasteiger partial charge on any atom is -0.341 e. The van der Waals surface area contributed by atoms with Crippen LogP contribution in [0.3, 0.4) is 0 Å². The van der Waals surface area contributed by atoms with E-state index in [0.29, 0.717) is 0 Å². The Hall–Kier alpha value is -4.30. The first kappa shape index (κ1) is 35.9. The van der Waals surface area contributed by atoms with E-state index in [1.54, 1.807) is 0 Å². The highest BCUT2D eigenvalue weighted by Crippen LogP contribution is 2.37. The largest absolute Gasteiger partial charge is 0.341 e. The summed E-state index contributed by atoms with van der Waals surface area (Å²) >= 11 is 0. The molecule has 0 saturated carbocycles. The van der Waals surface area contributed by atoms with Crippen molar-refractivity contribution in [1.29, 1.82) is 0 Å². The lowest BCUT2D eigenvalue weighted by Gasteiger charge is -2.32. The Kier molecular flexibility index (Phi) is 16.2. The van der Waals surface area contributed by atoms with Gasteiger partial charge in [0.05, 0.1) is 0 Å². The van der Waals surface area contributed by atoms with E-state index in [1.807, 2.05) is 55.4 Å². The van der Waals surface area contributed by atoms with Crippen LogP contribution in [0, 0.1) is 0 Å². The summed E-state index contributed by atoms with van der Waals surface area (Å²) < 4.78 is 2.40. The molecule has 0 amide bonds. The van der Waals surface area contributed by atoms with Gasteiger partial charge in [0.15, 0.2) is 0 Å². The van der Waals surface area contributed by atoms with Gasteiger partial charge in [-0.15, -0.1) is 0 Å². The first-order chi connectivity index (χ1) is 21.8. The van der Waals surface area contributed by atoms with E-state index in [1.165, 1.54) is 49.9 Å². The molecular weight excluding hydrogens is 532 g/mol. The molecule has 2 heterocycles. The molecule has 2 nitrogen and oxygen atoms in total. The van der Waals surface area contributed by atoms with Gasteiger partial charge in [-0.25, -0.2) is 0 Å². The number of nitrogens with zero attached hydrogens (tertiary/aromatic N) is 2. The number of para-hydroxylation sites is 4.